The fraction of sp³-hybridized carbons (Fsp3) is 0.242. The number of hydrogen-bond acceptors (Lipinski definition) is 3. The van der Waals surface area contributed by atoms with Gasteiger partial charge in [0.15, 0.2) is 6.10 Å². The molecule has 1 N–H and O–H groups in total. The zero-order valence-electron chi connectivity index (χ0n) is 21.9. The van der Waals surface area contributed by atoms with E-state index in [2.05, 4.69) is 77.8 Å². The largest absolute Gasteiger partial charge is 0.481 e. The highest BCUT2D eigenvalue weighted by Gasteiger charge is 2.29. The second-order valence-electron chi connectivity index (χ2n) is 9.99. The van der Waals surface area contributed by atoms with Crippen LogP contribution in [0.25, 0.3) is 0 Å². The van der Waals surface area contributed by atoms with Crippen LogP contribution in [0.5, 0.6) is 5.75 Å². The molecule has 5 heteroatoms. The average molecular weight is 509 g/mol. The van der Waals surface area contributed by atoms with Crippen LogP contribution in [-0.2, 0) is 24.3 Å². The maximum Gasteiger partial charge on any atom is 0.261 e. The lowest BCUT2D eigenvalue weighted by atomic mass is 9.87. The van der Waals surface area contributed by atoms with Crippen molar-refractivity contribution in [2.75, 3.05) is 6.54 Å². The summed E-state index contributed by atoms with van der Waals surface area (Å²) < 4.78 is 19.3. The first-order valence-corrected chi connectivity index (χ1v) is 13.1. The Balaban J connectivity index is 1.35. The SMILES string of the molecule is Cc1cccc(CN2CCc3ccc(O[C@H](C)C(=O)NCc4ccc(F)cc4)cc3[C@H]2c2ccccc2)c1. The minimum Gasteiger partial charge on any atom is -0.481 e. The molecule has 5 rings (SSSR count). The topological polar surface area (TPSA) is 41.6 Å². The molecule has 0 unspecified atom stereocenters. The number of rotatable bonds is 8. The highest BCUT2D eigenvalue weighted by molar-refractivity contribution is 5.80. The summed E-state index contributed by atoms with van der Waals surface area (Å²) in [5, 5.41) is 2.88. The first kappa shape index (κ1) is 25.7. The van der Waals surface area contributed by atoms with Crippen molar-refractivity contribution in [3.8, 4) is 5.75 Å². The number of fused-ring (bicyclic) bond motifs is 1. The molecule has 0 bridgehead atoms. The predicted octanol–water partition coefficient (Wildman–Crippen LogP) is 6.37. The molecular weight excluding hydrogens is 475 g/mol. The van der Waals surface area contributed by atoms with Crippen LogP contribution >= 0.6 is 0 Å². The molecule has 0 saturated carbocycles. The molecule has 38 heavy (non-hydrogen) atoms. The van der Waals surface area contributed by atoms with E-state index >= 15 is 0 Å². The van der Waals surface area contributed by atoms with Gasteiger partial charge in [0.2, 0.25) is 0 Å². The third-order valence-electron chi connectivity index (χ3n) is 7.09. The first-order valence-electron chi connectivity index (χ1n) is 13.1. The van der Waals surface area contributed by atoms with Gasteiger partial charge in [-0.3, -0.25) is 9.69 Å². The number of benzene rings is 4. The molecule has 0 spiro atoms. The number of hydrogen-bond donors (Lipinski definition) is 1. The number of amides is 1. The molecule has 0 fully saturated rings. The van der Waals surface area contributed by atoms with Crippen LogP contribution < -0.4 is 10.1 Å². The van der Waals surface area contributed by atoms with Crippen LogP contribution in [0, 0.1) is 12.7 Å². The normalized spacial score (nSPS) is 15.9. The van der Waals surface area contributed by atoms with Gasteiger partial charge in [0.05, 0.1) is 6.04 Å². The molecule has 194 valence electrons. The molecule has 1 amide bonds. The molecule has 1 heterocycles. The minimum atomic E-state index is -0.671. The van der Waals surface area contributed by atoms with Gasteiger partial charge in [0.25, 0.3) is 5.91 Å². The Morgan fingerprint density at radius 1 is 0.974 bits per heavy atom. The smallest absolute Gasteiger partial charge is 0.261 e. The van der Waals surface area contributed by atoms with Crippen molar-refractivity contribution in [3.05, 3.63) is 136 Å². The van der Waals surface area contributed by atoms with Gasteiger partial charge >= 0.3 is 0 Å². The molecule has 4 aromatic rings. The van der Waals surface area contributed by atoms with Crippen molar-refractivity contribution in [3.63, 3.8) is 0 Å². The summed E-state index contributed by atoms with van der Waals surface area (Å²) in [6.07, 6.45) is 0.286. The molecule has 1 aliphatic rings. The standard InChI is InChI=1S/C33H33FN2O2/c1-23-7-6-8-26(19-23)22-36-18-17-27-13-16-30(20-31(27)32(36)28-9-4-3-5-10-28)38-24(2)33(37)35-21-25-11-14-29(34)15-12-25/h3-16,19-20,24,32H,17-18,21-22H2,1-2H3,(H,35,37)/t24-,32-/m1/s1. The molecule has 1 aliphatic heterocycles. The maximum absolute atomic E-state index is 13.2. The van der Waals surface area contributed by atoms with Crippen LogP contribution in [0.1, 0.15) is 46.3 Å². The molecule has 4 aromatic carbocycles. The summed E-state index contributed by atoms with van der Waals surface area (Å²) in [7, 11) is 0. The molecule has 0 radical (unpaired) electrons. The molecule has 0 aromatic heterocycles. The van der Waals surface area contributed by atoms with Crippen LogP contribution in [0.4, 0.5) is 4.39 Å². The Morgan fingerprint density at radius 2 is 1.76 bits per heavy atom. The van der Waals surface area contributed by atoms with Gasteiger partial charge in [0, 0.05) is 19.6 Å². The Morgan fingerprint density at radius 3 is 2.53 bits per heavy atom. The number of nitrogens with zero attached hydrogens (tertiary/aromatic N) is 1. The van der Waals surface area contributed by atoms with Crippen LogP contribution in [-0.4, -0.2) is 23.5 Å². The van der Waals surface area contributed by atoms with Gasteiger partial charge in [-0.15, -0.1) is 0 Å². The number of carbonyl (C=O) groups is 1. The molecule has 4 nitrogen and oxygen atoms in total. The number of carbonyl (C=O) groups excluding carboxylic acids is 1. The number of aryl methyl sites for hydroxylation is 1. The van der Waals surface area contributed by atoms with E-state index in [1.165, 1.54) is 39.9 Å². The van der Waals surface area contributed by atoms with Gasteiger partial charge in [-0.2, -0.15) is 0 Å². The fourth-order valence-electron chi connectivity index (χ4n) is 5.15. The minimum absolute atomic E-state index is 0.0895. The Kier molecular flexibility index (Phi) is 7.85. The summed E-state index contributed by atoms with van der Waals surface area (Å²) >= 11 is 0. The average Bonchev–Trinajstić information content (AvgIpc) is 2.93. The van der Waals surface area contributed by atoms with Crippen LogP contribution in [0.2, 0.25) is 0 Å². The first-order chi connectivity index (χ1) is 18.5. The summed E-state index contributed by atoms with van der Waals surface area (Å²) in [5.41, 5.74) is 7.15. The summed E-state index contributed by atoms with van der Waals surface area (Å²) in [6, 6.07) is 31.7. The number of halogens is 1. The lowest BCUT2D eigenvalue weighted by Gasteiger charge is -2.38. The highest BCUT2D eigenvalue weighted by Crippen LogP contribution is 2.38. The second-order valence-corrected chi connectivity index (χ2v) is 9.99. The summed E-state index contributed by atoms with van der Waals surface area (Å²) in [6.45, 7) is 6.01. The number of nitrogens with one attached hydrogen (secondary N) is 1. The van der Waals surface area contributed by atoms with E-state index in [9.17, 15) is 9.18 Å². The van der Waals surface area contributed by atoms with E-state index in [1.807, 2.05) is 12.1 Å². The van der Waals surface area contributed by atoms with Crippen molar-refractivity contribution in [1.82, 2.24) is 10.2 Å². The van der Waals surface area contributed by atoms with Gasteiger partial charge in [-0.1, -0.05) is 78.4 Å². The molecule has 0 aliphatic carbocycles. The van der Waals surface area contributed by atoms with Gasteiger partial charge in [-0.05, 0) is 72.4 Å². The van der Waals surface area contributed by atoms with Crippen molar-refractivity contribution < 1.29 is 13.9 Å². The molecule has 0 saturated heterocycles. The third-order valence-corrected chi connectivity index (χ3v) is 7.09. The maximum atomic E-state index is 13.2. The third kappa shape index (κ3) is 6.12. The van der Waals surface area contributed by atoms with E-state index < -0.39 is 6.10 Å². The van der Waals surface area contributed by atoms with Crippen LogP contribution in [0.3, 0.4) is 0 Å². The van der Waals surface area contributed by atoms with Gasteiger partial charge < -0.3 is 10.1 Å². The summed E-state index contributed by atoms with van der Waals surface area (Å²) in [4.78, 5) is 15.2. The monoisotopic (exact) mass is 508 g/mol. The van der Waals surface area contributed by atoms with E-state index in [1.54, 1.807) is 19.1 Å². The van der Waals surface area contributed by atoms with Crippen molar-refractivity contribution in [2.45, 2.75) is 45.5 Å². The predicted molar refractivity (Wildman–Crippen MR) is 148 cm³/mol. The van der Waals surface area contributed by atoms with Gasteiger partial charge in [-0.25, -0.2) is 4.39 Å². The lowest BCUT2D eigenvalue weighted by Crippen LogP contribution is -2.37. The Labute approximate surface area is 224 Å². The Hall–Kier alpha value is -3.96. The quantitative estimate of drug-likeness (QED) is 0.301. The van der Waals surface area contributed by atoms with Crippen molar-refractivity contribution >= 4 is 5.91 Å². The lowest BCUT2D eigenvalue weighted by molar-refractivity contribution is -0.127. The fourth-order valence-corrected chi connectivity index (χ4v) is 5.15. The van der Waals surface area contributed by atoms with Gasteiger partial charge in [0.1, 0.15) is 11.6 Å². The van der Waals surface area contributed by atoms with Crippen LogP contribution in [0.15, 0.2) is 97.1 Å². The van der Waals surface area contributed by atoms with Crippen molar-refractivity contribution in [1.29, 1.82) is 0 Å². The van der Waals surface area contributed by atoms with E-state index in [-0.39, 0.29) is 17.8 Å². The van der Waals surface area contributed by atoms with Crippen molar-refractivity contribution in [2.24, 2.45) is 0 Å². The zero-order chi connectivity index (χ0) is 26.5. The van der Waals surface area contributed by atoms with E-state index in [4.69, 9.17) is 4.74 Å². The zero-order valence-corrected chi connectivity index (χ0v) is 21.9. The summed E-state index contributed by atoms with van der Waals surface area (Å²) in [5.74, 6) is 0.162. The molecular formula is C33H33FN2O2. The molecule has 2 atom stereocenters. The van der Waals surface area contributed by atoms with E-state index in [0.29, 0.717) is 12.3 Å². The number of ether oxygens (including phenoxy) is 1. The van der Waals surface area contributed by atoms with E-state index in [0.717, 1.165) is 25.1 Å². The Bertz CT molecular complexity index is 1390. The second kappa shape index (κ2) is 11.6. The highest BCUT2D eigenvalue weighted by atomic mass is 19.1.